The smallest absolute Gasteiger partial charge is 0.309 e. The topological polar surface area (TPSA) is 58.6 Å². The number of rotatable bonds is 6. The molecule has 0 bridgehead atoms. The van der Waals surface area contributed by atoms with E-state index >= 15 is 0 Å². The Bertz CT molecular complexity index is 299. The maximum Gasteiger partial charge on any atom is 0.309 e. The maximum atomic E-state index is 11.6. The number of carbonyl (C=O) groups excluding carboxylic acids is 2. The van der Waals surface area contributed by atoms with Crippen molar-refractivity contribution in [3.05, 3.63) is 0 Å². The van der Waals surface area contributed by atoms with Gasteiger partial charge in [0.15, 0.2) is 0 Å². The molecule has 1 aliphatic rings. The summed E-state index contributed by atoms with van der Waals surface area (Å²) in [6.07, 6.45) is 2.16. The summed E-state index contributed by atoms with van der Waals surface area (Å²) in [5.41, 5.74) is 0. The van der Waals surface area contributed by atoms with Crippen molar-refractivity contribution in [1.82, 2.24) is 10.2 Å². The Balaban J connectivity index is 2.22. The summed E-state index contributed by atoms with van der Waals surface area (Å²) in [5, 5.41) is 2.87. The van der Waals surface area contributed by atoms with Gasteiger partial charge in [-0.2, -0.15) is 0 Å². The largest absolute Gasteiger partial charge is 0.466 e. The van der Waals surface area contributed by atoms with Crippen LogP contribution < -0.4 is 5.32 Å². The fourth-order valence-electron chi connectivity index (χ4n) is 2.41. The Morgan fingerprint density at radius 3 is 2.53 bits per heavy atom. The fourth-order valence-corrected chi connectivity index (χ4v) is 2.41. The van der Waals surface area contributed by atoms with Crippen molar-refractivity contribution in [3.63, 3.8) is 0 Å². The van der Waals surface area contributed by atoms with E-state index in [1.807, 2.05) is 13.8 Å². The molecular formula is C14H26N2O3. The van der Waals surface area contributed by atoms with Gasteiger partial charge in [0.2, 0.25) is 5.91 Å². The van der Waals surface area contributed by atoms with Crippen molar-refractivity contribution < 1.29 is 14.3 Å². The highest BCUT2D eigenvalue weighted by molar-refractivity contribution is 5.72. The molecule has 1 amide bonds. The Hall–Kier alpha value is -1.10. The minimum Gasteiger partial charge on any atom is -0.466 e. The molecule has 5 heteroatoms. The highest BCUT2D eigenvalue weighted by Crippen LogP contribution is 2.17. The molecule has 0 aromatic rings. The molecule has 1 aliphatic heterocycles. The van der Waals surface area contributed by atoms with Crippen LogP contribution in [-0.2, 0) is 14.3 Å². The van der Waals surface area contributed by atoms with Gasteiger partial charge in [-0.05, 0) is 38.8 Å². The number of likely N-dealkylation sites (tertiary alicyclic amines) is 1. The summed E-state index contributed by atoms with van der Waals surface area (Å²) in [7, 11) is 0. The van der Waals surface area contributed by atoms with Gasteiger partial charge in [-0.3, -0.25) is 9.59 Å². The van der Waals surface area contributed by atoms with Gasteiger partial charge in [0.25, 0.3) is 0 Å². The van der Waals surface area contributed by atoms with Crippen LogP contribution in [-0.4, -0.2) is 49.6 Å². The van der Waals surface area contributed by atoms with Crippen LogP contribution in [0.4, 0.5) is 0 Å². The van der Waals surface area contributed by atoms with Crippen molar-refractivity contribution in [3.8, 4) is 0 Å². The Kier molecular flexibility index (Phi) is 6.84. The first-order valence-corrected chi connectivity index (χ1v) is 7.16. The van der Waals surface area contributed by atoms with E-state index in [1.165, 1.54) is 0 Å². The lowest BCUT2D eigenvalue weighted by molar-refractivity contribution is -0.148. The SMILES string of the molecule is CCOC(=O)C(C)CN1CCC(CNC(C)=O)CC1. The number of ether oxygens (including phenoxy) is 1. The van der Waals surface area contributed by atoms with Gasteiger partial charge in [-0.1, -0.05) is 6.92 Å². The zero-order chi connectivity index (χ0) is 14.3. The fraction of sp³-hybridized carbons (Fsp3) is 0.857. The molecule has 5 nitrogen and oxygen atoms in total. The van der Waals surface area contributed by atoms with Gasteiger partial charge in [-0.25, -0.2) is 0 Å². The standard InChI is InChI=1S/C14H26N2O3/c1-4-19-14(18)11(2)10-16-7-5-13(6-8-16)9-15-12(3)17/h11,13H,4-10H2,1-3H3,(H,15,17). The van der Waals surface area contributed by atoms with Crippen molar-refractivity contribution in [2.45, 2.75) is 33.6 Å². The van der Waals surface area contributed by atoms with E-state index in [0.717, 1.165) is 39.0 Å². The Labute approximate surface area is 115 Å². The van der Waals surface area contributed by atoms with Gasteiger partial charge < -0.3 is 15.0 Å². The molecule has 19 heavy (non-hydrogen) atoms. The van der Waals surface area contributed by atoms with Crippen molar-refractivity contribution in [2.75, 3.05) is 32.8 Å². The number of nitrogens with one attached hydrogen (secondary N) is 1. The summed E-state index contributed by atoms with van der Waals surface area (Å²) < 4.78 is 5.02. The second-order valence-electron chi connectivity index (χ2n) is 5.33. The number of carbonyl (C=O) groups is 2. The summed E-state index contributed by atoms with van der Waals surface area (Å²) in [6.45, 7) is 9.28. The molecule has 0 aromatic carbocycles. The summed E-state index contributed by atoms with van der Waals surface area (Å²) in [6, 6.07) is 0. The second-order valence-corrected chi connectivity index (χ2v) is 5.33. The molecule has 1 atom stereocenters. The van der Waals surface area contributed by atoms with Crippen LogP contribution >= 0.6 is 0 Å². The highest BCUT2D eigenvalue weighted by Gasteiger charge is 2.23. The summed E-state index contributed by atoms with van der Waals surface area (Å²) in [4.78, 5) is 24.7. The molecule has 0 aromatic heterocycles. The van der Waals surface area contributed by atoms with Gasteiger partial charge >= 0.3 is 5.97 Å². The molecule has 0 aliphatic carbocycles. The number of esters is 1. The van der Waals surface area contributed by atoms with E-state index in [2.05, 4.69) is 10.2 Å². The van der Waals surface area contributed by atoms with Crippen LogP contribution in [0.2, 0.25) is 0 Å². The van der Waals surface area contributed by atoms with Crippen molar-refractivity contribution >= 4 is 11.9 Å². The predicted molar refractivity (Wildman–Crippen MR) is 73.6 cm³/mol. The summed E-state index contributed by atoms with van der Waals surface area (Å²) in [5.74, 6) is 0.436. The molecule has 0 spiro atoms. The minimum absolute atomic E-state index is 0.0402. The molecule has 0 radical (unpaired) electrons. The lowest BCUT2D eigenvalue weighted by Gasteiger charge is -2.33. The molecule has 1 fully saturated rings. The Morgan fingerprint density at radius 2 is 2.00 bits per heavy atom. The molecule has 1 N–H and O–H groups in total. The van der Waals surface area contributed by atoms with E-state index in [4.69, 9.17) is 4.74 Å². The van der Waals surface area contributed by atoms with Crippen LogP contribution in [0, 0.1) is 11.8 Å². The van der Waals surface area contributed by atoms with E-state index in [-0.39, 0.29) is 17.8 Å². The third-order valence-corrected chi connectivity index (χ3v) is 3.57. The molecule has 0 saturated carbocycles. The average molecular weight is 270 g/mol. The van der Waals surface area contributed by atoms with Gasteiger partial charge in [-0.15, -0.1) is 0 Å². The predicted octanol–water partition coefficient (Wildman–Crippen LogP) is 1.03. The zero-order valence-corrected chi connectivity index (χ0v) is 12.3. The number of hydrogen-bond donors (Lipinski definition) is 1. The van der Waals surface area contributed by atoms with E-state index in [1.54, 1.807) is 6.92 Å². The highest BCUT2D eigenvalue weighted by atomic mass is 16.5. The lowest BCUT2D eigenvalue weighted by atomic mass is 9.96. The first-order chi connectivity index (χ1) is 9.02. The van der Waals surface area contributed by atoms with Crippen molar-refractivity contribution in [2.24, 2.45) is 11.8 Å². The summed E-state index contributed by atoms with van der Waals surface area (Å²) >= 11 is 0. The molecule has 1 rings (SSSR count). The van der Waals surface area contributed by atoms with Crippen molar-refractivity contribution in [1.29, 1.82) is 0 Å². The molecule has 110 valence electrons. The molecular weight excluding hydrogens is 244 g/mol. The average Bonchev–Trinajstić information content (AvgIpc) is 2.38. The third-order valence-electron chi connectivity index (χ3n) is 3.57. The molecule has 1 saturated heterocycles. The van der Waals surface area contributed by atoms with Crippen LogP contribution in [0.3, 0.4) is 0 Å². The normalized spacial score (nSPS) is 18.9. The number of amides is 1. The minimum atomic E-state index is -0.108. The number of hydrogen-bond acceptors (Lipinski definition) is 4. The molecule has 1 unspecified atom stereocenters. The van der Waals surface area contributed by atoms with Gasteiger partial charge in [0, 0.05) is 20.0 Å². The first-order valence-electron chi connectivity index (χ1n) is 7.16. The quantitative estimate of drug-likeness (QED) is 0.733. The second kappa shape index (κ2) is 8.15. The molecule has 1 heterocycles. The van der Waals surface area contributed by atoms with Crippen LogP contribution in [0.5, 0.6) is 0 Å². The van der Waals surface area contributed by atoms with Gasteiger partial charge in [0.05, 0.1) is 12.5 Å². The third kappa shape index (κ3) is 6.05. The van der Waals surface area contributed by atoms with E-state index in [9.17, 15) is 9.59 Å². The zero-order valence-electron chi connectivity index (χ0n) is 12.3. The number of piperidine rings is 1. The monoisotopic (exact) mass is 270 g/mol. The van der Waals surface area contributed by atoms with Gasteiger partial charge in [0.1, 0.15) is 0 Å². The van der Waals surface area contributed by atoms with Crippen LogP contribution in [0.25, 0.3) is 0 Å². The first kappa shape index (κ1) is 16.0. The van der Waals surface area contributed by atoms with Crippen LogP contribution in [0.1, 0.15) is 33.6 Å². The Morgan fingerprint density at radius 1 is 1.37 bits per heavy atom. The van der Waals surface area contributed by atoms with Crippen LogP contribution in [0.15, 0.2) is 0 Å². The number of nitrogens with zero attached hydrogens (tertiary/aromatic N) is 1. The lowest BCUT2D eigenvalue weighted by Crippen LogP contribution is -2.41. The van der Waals surface area contributed by atoms with E-state index < -0.39 is 0 Å². The maximum absolute atomic E-state index is 11.6. The van der Waals surface area contributed by atoms with E-state index in [0.29, 0.717) is 12.5 Å².